The van der Waals surface area contributed by atoms with Crippen molar-refractivity contribution in [1.82, 2.24) is 0 Å². The van der Waals surface area contributed by atoms with Crippen LogP contribution in [0.5, 0.6) is 0 Å². The molecule has 0 aromatic carbocycles. The van der Waals surface area contributed by atoms with Gasteiger partial charge in [-0.25, -0.2) is 0 Å². The molecule has 0 fully saturated rings. The quantitative estimate of drug-likeness (QED) is 0.211. The molecule has 0 saturated carbocycles. The minimum absolute atomic E-state index is 0.168. The number of unbranched alkanes of at least 4 members (excludes halogenated alkanes) is 1. The number of hydrogen-bond donors (Lipinski definition) is 0. The summed E-state index contributed by atoms with van der Waals surface area (Å²) in [6.45, 7) is 22.7. The van der Waals surface area contributed by atoms with Gasteiger partial charge in [-0.15, -0.1) is 7.92 Å². The average molecular weight is 439 g/mol. The molecule has 0 radical (unpaired) electrons. The Hall–Kier alpha value is 1.72. The van der Waals surface area contributed by atoms with Gasteiger partial charge in [-0.05, 0) is 61.4 Å². The van der Waals surface area contributed by atoms with Crippen LogP contribution in [0.25, 0.3) is 0 Å². The molecule has 0 N–H and O–H groups in total. The van der Waals surface area contributed by atoms with Gasteiger partial charge < -0.3 is 0 Å². The molecule has 0 nitrogen and oxygen atoms in total. The Bertz CT molecular complexity index is 287. The van der Waals surface area contributed by atoms with Crippen LogP contribution in [0.4, 0.5) is 0 Å². The SMILES string of the molecule is CCCCC(P(CC)CC)C(P(CC)CC)(P(CC)CC)P(CC)CC. The molecule has 158 valence electrons. The van der Waals surface area contributed by atoms with E-state index in [9.17, 15) is 0 Å². The van der Waals surface area contributed by atoms with Crippen molar-refractivity contribution in [2.24, 2.45) is 0 Å². The Morgan fingerprint density at radius 3 is 1.12 bits per heavy atom. The molecule has 0 spiro atoms. The second kappa shape index (κ2) is 15.5. The summed E-state index contributed by atoms with van der Waals surface area (Å²) in [7, 11) is 0.702. The van der Waals surface area contributed by atoms with Crippen molar-refractivity contribution in [2.75, 3.05) is 49.3 Å². The van der Waals surface area contributed by atoms with E-state index in [0.29, 0.717) is 0 Å². The second-order valence-electron chi connectivity index (χ2n) is 7.08. The van der Waals surface area contributed by atoms with Gasteiger partial charge in [0.25, 0.3) is 0 Å². The van der Waals surface area contributed by atoms with Crippen LogP contribution in [0.1, 0.15) is 81.6 Å². The fraction of sp³-hybridized carbons (Fsp3) is 1.00. The maximum atomic E-state index is 2.54. The first-order valence-corrected chi connectivity index (χ1v) is 18.4. The Labute approximate surface area is 172 Å². The smallest absolute Gasteiger partial charge is 0.0366 e. The van der Waals surface area contributed by atoms with Gasteiger partial charge in [0.05, 0.1) is 0 Å². The maximum absolute atomic E-state index is 2.54. The van der Waals surface area contributed by atoms with E-state index in [1.165, 1.54) is 62.1 Å². The summed E-state index contributed by atoms with van der Waals surface area (Å²) in [5.74, 6) is 0. The highest BCUT2D eigenvalue weighted by atomic mass is 31.2. The Morgan fingerprint density at radius 2 is 0.885 bits per heavy atom. The predicted molar refractivity (Wildman–Crippen MR) is 138 cm³/mol. The Balaban J connectivity index is 6.63. The Kier molecular flexibility index (Phi) is 16.6. The zero-order valence-electron chi connectivity index (χ0n) is 19.6. The summed E-state index contributed by atoms with van der Waals surface area (Å²) in [5, 5.41) is 0. The molecule has 1 unspecified atom stereocenters. The van der Waals surface area contributed by atoms with Crippen LogP contribution < -0.4 is 0 Å². The van der Waals surface area contributed by atoms with E-state index >= 15 is 0 Å². The zero-order valence-corrected chi connectivity index (χ0v) is 23.2. The maximum Gasteiger partial charge on any atom is 0.0366 e. The highest BCUT2D eigenvalue weighted by Crippen LogP contribution is 2.84. The third-order valence-corrected chi connectivity index (χ3v) is 23.4. The minimum atomic E-state index is 0.168. The van der Waals surface area contributed by atoms with Gasteiger partial charge >= 0.3 is 0 Å². The van der Waals surface area contributed by atoms with Gasteiger partial charge in [0.15, 0.2) is 0 Å². The molecular weight excluding hydrogens is 388 g/mol. The molecule has 0 heterocycles. The third kappa shape index (κ3) is 6.36. The highest BCUT2D eigenvalue weighted by Gasteiger charge is 2.53. The molecule has 0 aliphatic rings. The summed E-state index contributed by atoms with van der Waals surface area (Å²) in [5.41, 5.74) is 1.07. The van der Waals surface area contributed by atoms with E-state index in [4.69, 9.17) is 0 Å². The second-order valence-corrected chi connectivity index (χ2v) is 20.4. The van der Waals surface area contributed by atoms with E-state index < -0.39 is 0 Å². The molecule has 1 atom stereocenters. The monoisotopic (exact) mass is 438 g/mol. The van der Waals surface area contributed by atoms with Gasteiger partial charge in [0.1, 0.15) is 0 Å². The van der Waals surface area contributed by atoms with Gasteiger partial charge in [-0.1, -0.05) is 98.9 Å². The summed E-state index contributed by atoms with van der Waals surface area (Å²) in [4.78, 5) is 0. The van der Waals surface area contributed by atoms with Crippen LogP contribution in [-0.4, -0.2) is 59.6 Å². The van der Waals surface area contributed by atoms with Crippen LogP contribution >= 0.6 is 31.7 Å². The largest absolute Gasteiger partial charge is 0.102 e. The summed E-state index contributed by atoms with van der Waals surface area (Å²) >= 11 is 0. The van der Waals surface area contributed by atoms with E-state index in [2.05, 4.69) is 62.3 Å². The van der Waals surface area contributed by atoms with Crippen molar-refractivity contribution in [3.63, 3.8) is 0 Å². The van der Waals surface area contributed by atoms with Crippen LogP contribution in [0.15, 0.2) is 0 Å². The molecule has 0 aliphatic carbocycles. The lowest BCUT2D eigenvalue weighted by Gasteiger charge is -2.58. The van der Waals surface area contributed by atoms with Crippen molar-refractivity contribution in [1.29, 1.82) is 0 Å². The summed E-state index contributed by atoms with van der Waals surface area (Å²) in [6.07, 6.45) is 16.2. The molecule has 0 amide bonds. The van der Waals surface area contributed by atoms with Crippen molar-refractivity contribution in [3.05, 3.63) is 0 Å². The van der Waals surface area contributed by atoms with Crippen LogP contribution in [0.2, 0.25) is 0 Å². The number of hydrogen-bond acceptors (Lipinski definition) is 0. The van der Waals surface area contributed by atoms with E-state index in [-0.39, 0.29) is 31.7 Å². The first-order valence-electron chi connectivity index (χ1n) is 11.5. The van der Waals surface area contributed by atoms with Gasteiger partial charge in [-0.2, -0.15) is 0 Å². The van der Waals surface area contributed by atoms with Gasteiger partial charge in [0, 0.05) is 4.64 Å². The molecule has 4 heteroatoms. The molecule has 0 aromatic rings. The molecule has 0 saturated heterocycles. The van der Waals surface area contributed by atoms with Crippen LogP contribution in [0, 0.1) is 0 Å². The molecule has 0 bridgehead atoms. The van der Waals surface area contributed by atoms with Crippen molar-refractivity contribution in [2.45, 2.75) is 91.9 Å². The van der Waals surface area contributed by atoms with Crippen LogP contribution in [-0.2, 0) is 0 Å². The standard InChI is InChI=1S/C22H50P4/c1-10-19-20-21(23(11-2)12-3)22(24(13-4)14-5,25(15-6)16-7)26(17-8)18-9/h21H,10-20H2,1-9H3. The lowest BCUT2D eigenvalue weighted by atomic mass is 10.2. The highest BCUT2D eigenvalue weighted by molar-refractivity contribution is 7.94. The minimum Gasteiger partial charge on any atom is -0.102 e. The zero-order chi connectivity index (χ0) is 20.2. The average Bonchev–Trinajstić information content (AvgIpc) is 2.67. The van der Waals surface area contributed by atoms with E-state index in [1.54, 1.807) is 6.42 Å². The Morgan fingerprint density at radius 1 is 0.538 bits per heavy atom. The van der Waals surface area contributed by atoms with Crippen molar-refractivity contribution < 1.29 is 0 Å². The van der Waals surface area contributed by atoms with Crippen LogP contribution in [0.3, 0.4) is 0 Å². The van der Waals surface area contributed by atoms with Gasteiger partial charge in [0.2, 0.25) is 0 Å². The van der Waals surface area contributed by atoms with Gasteiger partial charge in [-0.3, -0.25) is 0 Å². The van der Waals surface area contributed by atoms with E-state index in [1.807, 2.05) is 0 Å². The first kappa shape index (κ1) is 27.7. The fourth-order valence-corrected chi connectivity index (χ4v) is 26.0. The van der Waals surface area contributed by atoms with Crippen molar-refractivity contribution >= 4 is 31.7 Å². The number of rotatable bonds is 16. The lowest BCUT2D eigenvalue weighted by molar-refractivity contribution is 0.679. The third-order valence-electron chi connectivity index (χ3n) is 6.22. The van der Waals surface area contributed by atoms with E-state index in [0.717, 1.165) is 10.3 Å². The summed E-state index contributed by atoms with van der Waals surface area (Å²) in [6, 6.07) is 0. The molecule has 26 heavy (non-hydrogen) atoms. The molecule has 0 rings (SSSR count). The lowest BCUT2D eigenvalue weighted by Crippen LogP contribution is -2.40. The fourth-order valence-electron chi connectivity index (χ4n) is 4.98. The normalized spacial score (nSPS) is 14.2. The molecule has 0 aliphatic heterocycles. The predicted octanol–water partition coefficient (Wildman–Crippen LogP) is 9.29. The van der Waals surface area contributed by atoms with Crippen molar-refractivity contribution in [3.8, 4) is 0 Å². The topological polar surface area (TPSA) is 0 Å². The molecule has 0 aromatic heterocycles. The summed E-state index contributed by atoms with van der Waals surface area (Å²) < 4.78 is 0.767. The molecular formula is C22H50P4. The first-order chi connectivity index (χ1) is 12.5.